The lowest BCUT2D eigenvalue weighted by Crippen LogP contribution is -2.39. The third kappa shape index (κ3) is 44.9. The summed E-state index contributed by atoms with van der Waals surface area (Å²) in [6.07, 6.45) is 39.0. The van der Waals surface area contributed by atoms with Crippen LogP contribution in [0.4, 0.5) is 0 Å². The highest BCUT2D eigenvalue weighted by atomic mass is 16.7. The van der Waals surface area contributed by atoms with Crippen LogP contribution in [0.2, 0.25) is 0 Å². The fourth-order valence-corrected chi connectivity index (χ4v) is 18.9. The topological polar surface area (TPSA) is 258 Å². The molecule has 0 radical (unpaired) electrons. The van der Waals surface area contributed by atoms with Crippen LogP contribution >= 0.6 is 0 Å². The fraction of sp³-hybridized carbons (Fsp3) is 0.754. The van der Waals surface area contributed by atoms with Crippen molar-refractivity contribution in [1.29, 1.82) is 0 Å². The number of benzene rings is 4. The predicted octanol–water partition coefficient (Wildman–Crippen LogP) is 31.8. The summed E-state index contributed by atoms with van der Waals surface area (Å²) in [7, 11) is 0. The first-order valence-corrected chi connectivity index (χ1v) is 57.7. The summed E-state index contributed by atoms with van der Waals surface area (Å²) >= 11 is 0. The standard InChI is InChI=1S/C28H32O4.C22H34O4.C20H34O3.C18H34O3.C16H30O3.C11H20O3.C11H20O2/c1-5-28(3,4)27(29)32-21(2)30-19-20-31-26-24(22-13-8-6-9-14-22)17-12-18-25(26)23-15-10-7-11-16-23;1-5-22(3,4)21(23)26-17(2)24-15-16-25-20-13-11-19(12-14-20)18-9-7-6-8-10-18;1-6-20(4,5)19(21)23-18(12(2)3)22-17-11-13-10-16(17)15-9-7-8-14(13)15;1-7-18(5,6)16(19)21-15(13-17(2,3)4)20-14-11-9-8-10-12-14;1-5-16(3,4)15(17)19-13(2)18-12-11-14-9-7-6-8-10-14;1-4-11(2,3)10(12)14-9-7-5-6-8-13-9;1-4-11(2,3)10(12)13-9-7-5-6-8-9/h6-18,21H,5,19-20H2,1-4H3;11-14,17-18H,5-10,15-16H2,1-4H3;12-18H,6-11H2,1-5H3;14-15H,7-13H2,1-6H3;13-14H,5-12H2,1-4H3;9H,4-8H2,1-3H3;9H,4-8H2,1-3H3. The van der Waals surface area contributed by atoms with Crippen molar-refractivity contribution < 1.29 is 105 Å². The van der Waals surface area contributed by atoms with E-state index in [1.807, 2.05) is 207 Å². The van der Waals surface area contributed by atoms with Crippen LogP contribution in [-0.2, 0) is 95.1 Å². The van der Waals surface area contributed by atoms with Crippen LogP contribution in [0.3, 0.4) is 0 Å². The molecule has 11 unspecified atom stereocenters. The first kappa shape index (κ1) is 129. The maximum Gasteiger partial charge on any atom is 0.313 e. The second-order valence-electron chi connectivity index (χ2n) is 48.9. The summed E-state index contributed by atoms with van der Waals surface area (Å²) in [5, 5.41) is 0. The zero-order valence-electron chi connectivity index (χ0n) is 97.7. The van der Waals surface area contributed by atoms with Gasteiger partial charge in [-0.2, -0.15) is 0 Å². The number of carbonyl (C=O) groups excluding carboxylic acids is 7. The molecule has 0 spiro atoms. The molecule has 1 heterocycles. The van der Waals surface area contributed by atoms with Crippen molar-refractivity contribution in [3.05, 3.63) is 109 Å². The van der Waals surface area contributed by atoms with Crippen LogP contribution in [0.5, 0.6) is 11.5 Å². The molecule has 22 nitrogen and oxygen atoms in total. The smallest absolute Gasteiger partial charge is 0.313 e. The maximum absolute atomic E-state index is 12.4. The van der Waals surface area contributed by atoms with Crippen LogP contribution in [0.25, 0.3) is 22.3 Å². The third-order valence-electron chi connectivity index (χ3n) is 32.3. The van der Waals surface area contributed by atoms with Gasteiger partial charge in [0.15, 0.2) is 18.9 Å². The van der Waals surface area contributed by atoms with E-state index < -0.39 is 58.5 Å². The van der Waals surface area contributed by atoms with E-state index in [9.17, 15) is 33.6 Å². The number of esters is 7. The molecular weight excluding hydrogens is 1870 g/mol. The zero-order chi connectivity index (χ0) is 110. The maximum atomic E-state index is 12.4. The molecule has 11 atom stereocenters. The van der Waals surface area contributed by atoms with Crippen molar-refractivity contribution in [2.24, 2.45) is 78.8 Å². The highest BCUT2D eigenvalue weighted by Crippen LogP contribution is 2.60. The van der Waals surface area contributed by atoms with Crippen LogP contribution in [-0.4, -0.2) is 137 Å². The van der Waals surface area contributed by atoms with Gasteiger partial charge in [0.1, 0.15) is 30.8 Å². The first-order valence-electron chi connectivity index (χ1n) is 57.7. The predicted molar refractivity (Wildman–Crippen MR) is 591 cm³/mol. The highest BCUT2D eigenvalue weighted by molar-refractivity contribution is 5.83. The first-order chi connectivity index (χ1) is 69.9. The fourth-order valence-electron chi connectivity index (χ4n) is 18.9. The number of fused-ring (bicyclic) bond motifs is 5. The average Bonchev–Trinajstić information content (AvgIpc) is 1.59. The Balaban J connectivity index is 0.000000268. The van der Waals surface area contributed by atoms with Gasteiger partial charge >= 0.3 is 41.8 Å². The summed E-state index contributed by atoms with van der Waals surface area (Å²) < 4.78 is 85.0. The quantitative estimate of drug-likeness (QED) is 0.0172. The summed E-state index contributed by atoms with van der Waals surface area (Å²) in [6, 6.07) is 35.0. The van der Waals surface area contributed by atoms with E-state index in [0.29, 0.717) is 64.0 Å². The van der Waals surface area contributed by atoms with Gasteiger partial charge in [-0.1, -0.05) is 251 Å². The van der Waals surface area contributed by atoms with Gasteiger partial charge in [-0.05, 0) is 329 Å². The van der Waals surface area contributed by atoms with Gasteiger partial charge in [-0.25, -0.2) is 0 Å². The monoisotopic (exact) mass is 2070 g/mol. The Morgan fingerprint density at radius 1 is 0.345 bits per heavy atom. The van der Waals surface area contributed by atoms with Crippen LogP contribution in [0.15, 0.2) is 103 Å². The van der Waals surface area contributed by atoms with Crippen LogP contribution < -0.4 is 9.47 Å². The van der Waals surface area contributed by atoms with E-state index in [-0.39, 0.29) is 82.4 Å². The number of rotatable bonds is 44. The second-order valence-corrected chi connectivity index (χ2v) is 48.9. The molecule has 22 heteroatoms. The van der Waals surface area contributed by atoms with Gasteiger partial charge in [0.25, 0.3) is 0 Å². The van der Waals surface area contributed by atoms with E-state index >= 15 is 0 Å². The molecule has 2 bridgehead atoms. The highest BCUT2D eigenvalue weighted by Gasteiger charge is 2.55. The van der Waals surface area contributed by atoms with Crippen molar-refractivity contribution in [2.45, 2.75) is 494 Å². The van der Waals surface area contributed by atoms with Crippen molar-refractivity contribution in [3.63, 3.8) is 0 Å². The number of hydrogen-bond acceptors (Lipinski definition) is 22. The molecule has 148 heavy (non-hydrogen) atoms. The zero-order valence-corrected chi connectivity index (χ0v) is 97.7. The van der Waals surface area contributed by atoms with E-state index in [0.717, 1.165) is 154 Å². The SMILES string of the molecule is CCC(C)(C)C(=O)OC(C)OCCC1CCCCC1.CCC(C)(C)C(=O)OC(C)OCCOc1c(-c2ccccc2)cccc1-c1ccccc1.CCC(C)(C)C(=O)OC(C)OCCOc1ccc(C2CCCCC2)cc1.CCC(C)(C)C(=O)OC(CC(C)(C)C)OC1CCCCC1.CCC(C)(C)C(=O)OC(OC1CC2CC1C1CCCC21)C(C)C.CCC(C)(C)C(=O)OC1CCCC1.CCC(C)(C)C(=O)OC1CCCCO1. The van der Waals surface area contributed by atoms with Gasteiger partial charge in [0.2, 0.25) is 18.9 Å². The minimum atomic E-state index is -0.630. The lowest BCUT2D eigenvalue weighted by Gasteiger charge is -2.35. The molecule has 0 amide bonds. The van der Waals surface area contributed by atoms with Gasteiger partial charge in [0, 0.05) is 29.9 Å². The van der Waals surface area contributed by atoms with Crippen LogP contribution in [0.1, 0.15) is 443 Å². The average molecular weight is 2070 g/mol. The summed E-state index contributed by atoms with van der Waals surface area (Å²) in [5.74, 6) is 5.73. The third-order valence-corrected chi connectivity index (χ3v) is 32.3. The molecule has 7 aliphatic carbocycles. The van der Waals surface area contributed by atoms with E-state index in [1.165, 1.54) is 134 Å². The number of hydrogen-bond donors (Lipinski definition) is 0. The molecule has 8 fully saturated rings. The molecule has 7 saturated carbocycles. The number of carbonyl (C=O) groups is 7. The summed E-state index contributed by atoms with van der Waals surface area (Å²) in [6.45, 7) is 59.6. The van der Waals surface area contributed by atoms with Crippen molar-refractivity contribution >= 4 is 41.8 Å². The van der Waals surface area contributed by atoms with E-state index in [1.54, 1.807) is 13.8 Å². The van der Waals surface area contributed by atoms with Gasteiger partial charge < -0.3 is 71.1 Å². The second kappa shape index (κ2) is 64.0. The van der Waals surface area contributed by atoms with Gasteiger partial charge in [0.05, 0.1) is 76.5 Å². The summed E-state index contributed by atoms with van der Waals surface area (Å²) in [4.78, 5) is 84.1. The Kier molecular flexibility index (Phi) is 55.9. The molecule has 0 N–H and O–H groups in total. The Labute approximate surface area is 896 Å². The minimum Gasteiger partial charge on any atom is -0.491 e. The number of para-hydroxylation sites is 1. The molecule has 1 aliphatic heterocycles. The molecule has 8 aliphatic rings. The molecule has 840 valence electrons. The minimum absolute atomic E-state index is 0.0260. The number of ether oxygens (including phenoxy) is 15. The normalized spacial score (nSPS) is 20.5. The molecular formula is C126H204O22. The van der Waals surface area contributed by atoms with Crippen molar-refractivity contribution in [3.8, 4) is 33.8 Å². The Hall–Kier alpha value is -7.47. The van der Waals surface area contributed by atoms with E-state index in [2.05, 4.69) is 83.1 Å². The molecule has 4 aromatic rings. The lowest BCUT2D eigenvalue weighted by atomic mass is 9.80. The van der Waals surface area contributed by atoms with Crippen LogP contribution in [0, 0.1) is 78.8 Å². The van der Waals surface area contributed by atoms with E-state index in [4.69, 9.17) is 71.1 Å². The van der Waals surface area contributed by atoms with Gasteiger partial charge in [-0.3, -0.25) is 33.6 Å². The Morgan fingerprint density at radius 3 is 1.19 bits per heavy atom. The lowest BCUT2D eigenvalue weighted by molar-refractivity contribution is -0.217. The molecule has 12 rings (SSSR count). The Bertz CT molecular complexity index is 4360. The van der Waals surface area contributed by atoms with Gasteiger partial charge in [-0.15, -0.1) is 0 Å². The molecule has 0 aromatic heterocycles. The van der Waals surface area contributed by atoms with Crippen molar-refractivity contribution in [2.75, 3.05) is 39.6 Å². The summed E-state index contributed by atoms with van der Waals surface area (Å²) in [5.41, 5.74) is 2.76. The molecule has 4 aromatic carbocycles. The molecule has 1 saturated heterocycles. The Morgan fingerprint density at radius 2 is 0.743 bits per heavy atom. The van der Waals surface area contributed by atoms with Crippen molar-refractivity contribution in [1.82, 2.24) is 0 Å². The largest absolute Gasteiger partial charge is 0.491 e.